The molecule has 0 aliphatic heterocycles. The molecule has 13 nitrogen and oxygen atoms in total. The minimum Gasteiger partial charge on any atom is -0.388 e. The number of hydrogen-bond acceptors (Lipinski definition) is 10. The topological polar surface area (TPSA) is 200 Å². The van der Waals surface area contributed by atoms with Crippen molar-refractivity contribution in [1.29, 1.82) is 0 Å². The van der Waals surface area contributed by atoms with Gasteiger partial charge in [-0.15, -0.1) is 0 Å². The number of aromatic nitrogens is 6. The van der Waals surface area contributed by atoms with Gasteiger partial charge in [-0.3, -0.25) is 4.79 Å². The Balaban J connectivity index is 1.38. The van der Waals surface area contributed by atoms with Gasteiger partial charge in [-0.25, -0.2) is 19.9 Å². The molecule has 1 aliphatic rings. The number of hydrogen-bond donors (Lipinski definition) is 7. The molecule has 5 aromatic rings. The van der Waals surface area contributed by atoms with E-state index in [2.05, 4.69) is 49.9 Å². The number of H-pyrrole nitrogens is 1. The van der Waals surface area contributed by atoms with Gasteiger partial charge < -0.3 is 41.2 Å². The molecule has 3 heterocycles. The summed E-state index contributed by atoms with van der Waals surface area (Å²) in [6, 6.07) is 18.9. The van der Waals surface area contributed by atoms with Crippen LogP contribution in [0.15, 0.2) is 73.2 Å². The van der Waals surface area contributed by atoms with Crippen molar-refractivity contribution in [2.24, 2.45) is 0 Å². The lowest BCUT2D eigenvalue weighted by Gasteiger charge is -2.20. The smallest absolute Gasteiger partial charge is 0.246 e. The minimum atomic E-state index is -1.25. The van der Waals surface area contributed by atoms with Crippen molar-refractivity contribution in [2.75, 3.05) is 24.2 Å². The zero-order chi connectivity index (χ0) is 29.2. The van der Waals surface area contributed by atoms with E-state index in [0.29, 0.717) is 35.2 Å². The van der Waals surface area contributed by atoms with Gasteiger partial charge in [-0.2, -0.15) is 0 Å². The number of carbonyl (C=O) groups is 1. The quantitative estimate of drug-likeness (QED) is 0.135. The standard InChI is InChI=1S/C29H31N9O4/c30-21-13-32-27(35-21)28-36-26(31-12-18(16-7-3-1-4-8-16)17-9-5-2-6-10-17)23-29(37-28)38(15-33-23)20-11-19(24(41)25(20)42)34-22(40)14-39/h1-10,13,15,18-20,24-25,39,41-42H,11-12,14,30H2,(H,32,35)(H,34,40)(H,31,36,37)/t19-,20+,24+,25-/m0/s1. The molecule has 8 N–H and O–H groups in total. The molecule has 1 amide bonds. The highest BCUT2D eigenvalue weighted by atomic mass is 16.3. The normalized spacial score (nSPS) is 20.3. The Morgan fingerprint density at radius 3 is 2.33 bits per heavy atom. The minimum absolute atomic E-state index is 0.00454. The fraction of sp³-hybridized carbons (Fsp3) is 0.276. The van der Waals surface area contributed by atoms with Crippen molar-refractivity contribution >= 4 is 28.7 Å². The zero-order valence-corrected chi connectivity index (χ0v) is 22.5. The molecule has 1 saturated carbocycles. The van der Waals surface area contributed by atoms with E-state index in [1.807, 2.05) is 36.4 Å². The molecule has 3 aromatic heterocycles. The van der Waals surface area contributed by atoms with Gasteiger partial charge in [0, 0.05) is 12.5 Å². The predicted molar refractivity (Wildman–Crippen MR) is 155 cm³/mol. The van der Waals surface area contributed by atoms with E-state index >= 15 is 0 Å². The number of nitrogens with one attached hydrogen (secondary N) is 3. The van der Waals surface area contributed by atoms with Crippen LogP contribution in [0.4, 0.5) is 11.6 Å². The van der Waals surface area contributed by atoms with E-state index in [4.69, 9.17) is 20.8 Å². The second-order valence-corrected chi connectivity index (χ2v) is 10.3. The number of nitrogens with zero attached hydrogens (tertiary/aromatic N) is 5. The third kappa shape index (κ3) is 5.28. The molecule has 1 aliphatic carbocycles. The van der Waals surface area contributed by atoms with Crippen molar-refractivity contribution < 1.29 is 20.1 Å². The number of nitrogens with two attached hydrogens (primary N) is 1. The third-order valence-corrected chi connectivity index (χ3v) is 7.61. The molecular formula is C29H31N9O4. The molecule has 1 fully saturated rings. The number of aliphatic hydroxyl groups is 3. The van der Waals surface area contributed by atoms with Crippen LogP contribution in [0.25, 0.3) is 22.8 Å². The first-order chi connectivity index (χ1) is 20.4. The van der Waals surface area contributed by atoms with Crippen LogP contribution in [0, 0.1) is 0 Å². The second-order valence-electron chi connectivity index (χ2n) is 10.3. The Kier molecular flexibility index (Phi) is 7.52. The van der Waals surface area contributed by atoms with Crippen LogP contribution in [0.3, 0.4) is 0 Å². The molecule has 4 atom stereocenters. The summed E-state index contributed by atoms with van der Waals surface area (Å²) in [5.74, 6) is 0.788. The summed E-state index contributed by atoms with van der Waals surface area (Å²) in [5.41, 5.74) is 9.01. The van der Waals surface area contributed by atoms with E-state index in [-0.39, 0.29) is 18.2 Å². The lowest BCUT2D eigenvalue weighted by atomic mass is 9.91. The summed E-state index contributed by atoms with van der Waals surface area (Å²) in [5, 5.41) is 36.7. The number of rotatable bonds is 9. The number of anilines is 2. The lowest BCUT2D eigenvalue weighted by Crippen LogP contribution is -2.44. The summed E-state index contributed by atoms with van der Waals surface area (Å²) >= 11 is 0. The summed E-state index contributed by atoms with van der Waals surface area (Å²) in [7, 11) is 0. The zero-order valence-electron chi connectivity index (χ0n) is 22.5. The average molecular weight is 570 g/mol. The van der Waals surface area contributed by atoms with Crippen molar-refractivity contribution in [1.82, 2.24) is 34.8 Å². The van der Waals surface area contributed by atoms with E-state index in [0.717, 1.165) is 11.1 Å². The van der Waals surface area contributed by atoms with Gasteiger partial charge >= 0.3 is 0 Å². The first-order valence-electron chi connectivity index (χ1n) is 13.6. The monoisotopic (exact) mass is 569 g/mol. The molecule has 0 spiro atoms. The number of aromatic amines is 1. The summed E-state index contributed by atoms with van der Waals surface area (Å²) in [4.78, 5) is 33.1. The molecule has 6 rings (SSSR count). The predicted octanol–water partition coefficient (Wildman–Crippen LogP) is 1.19. The number of carbonyl (C=O) groups excluding carboxylic acids is 1. The summed E-state index contributed by atoms with van der Waals surface area (Å²) in [6.07, 6.45) is 0.734. The summed E-state index contributed by atoms with van der Waals surface area (Å²) < 4.78 is 1.67. The molecule has 0 radical (unpaired) electrons. The van der Waals surface area contributed by atoms with E-state index in [1.165, 1.54) is 12.5 Å². The Bertz CT molecular complexity index is 1640. The first kappa shape index (κ1) is 27.3. The number of imidazole rings is 2. The maximum atomic E-state index is 11.8. The average Bonchev–Trinajstić information content (AvgIpc) is 3.72. The van der Waals surface area contributed by atoms with Crippen LogP contribution in [0.5, 0.6) is 0 Å². The Hall–Kier alpha value is -4.85. The van der Waals surface area contributed by atoms with Gasteiger partial charge in [0.05, 0.1) is 24.6 Å². The number of aliphatic hydroxyl groups excluding tert-OH is 3. The molecular weight excluding hydrogens is 538 g/mol. The molecule has 0 saturated heterocycles. The van der Waals surface area contributed by atoms with Crippen LogP contribution in [-0.4, -0.2) is 82.1 Å². The van der Waals surface area contributed by atoms with E-state index < -0.39 is 36.8 Å². The van der Waals surface area contributed by atoms with Crippen LogP contribution >= 0.6 is 0 Å². The van der Waals surface area contributed by atoms with Gasteiger partial charge in [-0.1, -0.05) is 60.7 Å². The molecule has 0 unspecified atom stereocenters. The van der Waals surface area contributed by atoms with Gasteiger partial charge in [0.1, 0.15) is 30.1 Å². The number of fused-ring (bicyclic) bond motifs is 1. The van der Waals surface area contributed by atoms with Crippen molar-refractivity contribution in [3.05, 3.63) is 84.3 Å². The highest BCUT2D eigenvalue weighted by molar-refractivity contribution is 5.85. The summed E-state index contributed by atoms with van der Waals surface area (Å²) in [6.45, 7) is -0.227. The number of benzene rings is 2. The van der Waals surface area contributed by atoms with Gasteiger partial charge in [0.15, 0.2) is 23.1 Å². The molecule has 13 heteroatoms. The Labute approximate surface area is 240 Å². The fourth-order valence-electron chi connectivity index (χ4n) is 5.51. The Morgan fingerprint density at radius 1 is 1.02 bits per heavy atom. The largest absolute Gasteiger partial charge is 0.388 e. The maximum Gasteiger partial charge on any atom is 0.246 e. The van der Waals surface area contributed by atoms with E-state index in [1.54, 1.807) is 4.57 Å². The van der Waals surface area contributed by atoms with E-state index in [9.17, 15) is 15.0 Å². The van der Waals surface area contributed by atoms with Crippen molar-refractivity contribution in [3.63, 3.8) is 0 Å². The Morgan fingerprint density at radius 2 is 1.71 bits per heavy atom. The van der Waals surface area contributed by atoms with Crippen LogP contribution in [0.1, 0.15) is 29.5 Å². The highest BCUT2D eigenvalue weighted by Gasteiger charge is 2.43. The highest BCUT2D eigenvalue weighted by Crippen LogP contribution is 2.35. The first-order valence-corrected chi connectivity index (χ1v) is 13.6. The maximum absolute atomic E-state index is 11.8. The molecule has 0 bridgehead atoms. The van der Waals surface area contributed by atoms with Crippen molar-refractivity contribution in [2.45, 2.75) is 36.6 Å². The molecule has 42 heavy (non-hydrogen) atoms. The van der Waals surface area contributed by atoms with Crippen molar-refractivity contribution in [3.8, 4) is 11.6 Å². The number of nitrogen functional groups attached to an aromatic ring is 1. The third-order valence-electron chi connectivity index (χ3n) is 7.61. The van der Waals surface area contributed by atoms with Crippen LogP contribution in [-0.2, 0) is 4.79 Å². The SMILES string of the molecule is Nc1cnc(-c2nc(NCC(c3ccccc3)c3ccccc3)c3ncn([C@@H]4C[C@H](NC(=O)CO)[C@@H](O)[C@H]4O)c3n2)[nH]1. The van der Waals surface area contributed by atoms with Gasteiger partial charge in [0.2, 0.25) is 5.91 Å². The van der Waals surface area contributed by atoms with Gasteiger partial charge in [0.25, 0.3) is 0 Å². The molecule has 216 valence electrons. The van der Waals surface area contributed by atoms with Crippen LogP contribution < -0.4 is 16.4 Å². The van der Waals surface area contributed by atoms with Crippen LogP contribution in [0.2, 0.25) is 0 Å². The lowest BCUT2D eigenvalue weighted by molar-refractivity contribution is -0.125. The fourth-order valence-corrected chi connectivity index (χ4v) is 5.51. The molecule has 2 aromatic carbocycles. The number of amides is 1. The van der Waals surface area contributed by atoms with Gasteiger partial charge in [-0.05, 0) is 17.5 Å². The second kappa shape index (κ2) is 11.6.